The van der Waals surface area contributed by atoms with Gasteiger partial charge in [0.15, 0.2) is 0 Å². The molecule has 0 spiro atoms. The number of aromatic nitrogens is 2. The standard InChI is InChI=1S/C15H21N3O4/c1-3-18-12(6-9-17-18)14-11(7-10-22-14)15(20)16-8-4-5-13(19)21-2/h4-6,9,11,14H,3,7-8,10H2,1-2H3,(H,16,20)/b5-4+/t11-,14-/m1/s1. The third-order valence-corrected chi connectivity index (χ3v) is 3.62. The molecule has 2 heterocycles. The lowest BCUT2D eigenvalue weighted by molar-refractivity contribution is -0.135. The highest BCUT2D eigenvalue weighted by Crippen LogP contribution is 2.34. The van der Waals surface area contributed by atoms with Crippen molar-refractivity contribution in [3.63, 3.8) is 0 Å². The largest absolute Gasteiger partial charge is 0.466 e. The van der Waals surface area contributed by atoms with Crippen LogP contribution in [0.5, 0.6) is 0 Å². The molecular formula is C15H21N3O4. The second-order valence-corrected chi connectivity index (χ2v) is 4.93. The van der Waals surface area contributed by atoms with Crippen molar-refractivity contribution in [1.29, 1.82) is 0 Å². The van der Waals surface area contributed by atoms with E-state index in [-0.39, 0.29) is 24.5 Å². The number of methoxy groups -OCH3 is 1. The zero-order valence-corrected chi connectivity index (χ0v) is 12.8. The lowest BCUT2D eigenvalue weighted by Crippen LogP contribution is -2.33. The molecule has 0 bridgehead atoms. The number of carbonyl (C=O) groups excluding carboxylic acids is 2. The van der Waals surface area contributed by atoms with Gasteiger partial charge < -0.3 is 14.8 Å². The van der Waals surface area contributed by atoms with Crippen molar-refractivity contribution < 1.29 is 19.1 Å². The Morgan fingerprint density at radius 1 is 1.59 bits per heavy atom. The predicted molar refractivity (Wildman–Crippen MR) is 78.9 cm³/mol. The van der Waals surface area contributed by atoms with Crippen molar-refractivity contribution in [2.75, 3.05) is 20.3 Å². The third kappa shape index (κ3) is 3.73. The SMILES string of the molecule is CCn1nccc1[C@@H]1OCC[C@H]1C(=O)NC/C=C/C(=O)OC. The summed E-state index contributed by atoms with van der Waals surface area (Å²) in [5.41, 5.74) is 0.922. The molecule has 2 atom stereocenters. The quantitative estimate of drug-likeness (QED) is 0.621. The summed E-state index contributed by atoms with van der Waals surface area (Å²) in [6.45, 7) is 3.57. The Hall–Kier alpha value is -2.15. The molecule has 7 nitrogen and oxygen atoms in total. The Morgan fingerprint density at radius 2 is 2.41 bits per heavy atom. The van der Waals surface area contributed by atoms with E-state index >= 15 is 0 Å². The van der Waals surface area contributed by atoms with Crippen LogP contribution in [0.25, 0.3) is 0 Å². The molecule has 120 valence electrons. The number of aryl methyl sites for hydroxylation is 1. The van der Waals surface area contributed by atoms with Gasteiger partial charge in [0, 0.05) is 32.0 Å². The van der Waals surface area contributed by atoms with Gasteiger partial charge in [-0.05, 0) is 19.4 Å². The summed E-state index contributed by atoms with van der Waals surface area (Å²) in [6.07, 6.45) is 4.97. The summed E-state index contributed by atoms with van der Waals surface area (Å²) in [4.78, 5) is 23.2. The van der Waals surface area contributed by atoms with Crippen LogP contribution in [0.1, 0.15) is 25.1 Å². The summed E-state index contributed by atoms with van der Waals surface area (Å²) in [7, 11) is 1.31. The minimum atomic E-state index is -0.442. The van der Waals surface area contributed by atoms with Gasteiger partial charge in [-0.15, -0.1) is 0 Å². The van der Waals surface area contributed by atoms with Gasteiger partial charge in [-0.2, -0.15) is 5.10 Å². The number of ether oxygens (including phenoxy) is 2. The van der Waals surface area contributed by atoms with E-state index < -0.39 is 5.97 Å². The summed E-state index contributed by atoms with van der Waals surface area (Å²) in [6, 6.07) is 1.89. The summed E-state index contributed by atoms with van der Waals surface area (Å²) < 4.78 is 12.0. The van der Waals surface area contributed by atoms with Gasteiger partial charge in [0.1, 0.15) is 6.10 Å². The Balaban J connectivity index is 1.94. The van der Waals surface area contributed by atoms with Crippen LogP contribution in [0.2, 0.25) is 0 Å². The average molecular weight is 307 g/mol. The Kier molecular flexibility index (Phi) is 5.71. The number of hydrogen-bond donors (Lipinski definition) is 1. The van der Waals surface area contributed by atoms with E-state index in [1.807, 2.05) is 17.7 Å². The smallest absolute Gasteiger partial charge is 0.330 e. The first-order chi connectivity index (χ1) is 10.7. The van der Waals surface area contributed by atoms with E-state index in [0.29, 0.717) is 13.0 Å². The summed E-state index contributed by atoms with van der Waals surface area (Å²) in [5.74, 6) is -0.766. The second-order valence-electron chi connectivity index (χ2n) is 4.93. The van der Waals surface area contributed by atoms with Crippen LogP contribution < -0.4 is 5.32 Å². The molecule has 7 heteroatoms. The zero-order valence-electron chi connectivity index (χ0n) is 12.8. The molecule has 1 fully saturated rings. The van der Waals surface area contributed by atoms with Crippen molar-refractivity contribution >= 4 is 11.9 Å². The van der Waals surface area contributed by atoms with Crippen molar-refractivity contribution in [1.82, 2.24) is 15.1 Å². The van der Waals surface area contributed by atoms with Gasteiger partial charge in [-0.3, -0.25) is 9.48 Å². The van der Waals surface area contributed by atoms with Crippen molar-refractivity contribution in [2.24, 2.45) is 5.92 Å². The lowest BCUT2D eigenvalue weighted by Gasteiger charge is -2.18. The van der Waals surface area contributed by atoms with Crippen LogP contribution in [0.3, 0.4) is 0 Å². The molecule has 1 aromatic heterocycles. The van der Waals surface area contributed by atoms with E-state index in [4.69, 9.17) is 4.74 Å². The Morgan fingerprint density at radius 3 is 3.14 bits per heavy atom. The molecule has 0 unspecified atom stereocenters. The van der Waals surface area contributed by atoms with Crippen molar-refractivity contribution in [3.8, 4) is 0 Å². The molecule has 0 radical (unpaired) electrons. The number of hydrogen-bond acceptors (Lipinski definition) is 5. The van der Waals surface area contributed by atoms with E-state index in [0.717, 1.165) is 12.2 Å². The second kappa shape index (κ2) is 7.74. The minimum absolute atomic E-state index is 0.0825. The van der Waals surface area contributed by atoms with Crippen LogP contribution in [-0.4, -0.2) is 41.9 Å². The predicted octanol–water partition coefficient (Wildman–Crippen LogP) is 0.826. The summed E-state index contributed by atoms with van der Waals surface area (Å²) >= 11 is 0. The van der Waals surface area contributed by atoms with Gasteiger partial charge in [-0.1, -0.05) is 6.08 Å². The number of nitrogens with one attached hydrogen (secondary N) is 1. The Labute approximate surface area is 129 Å². The molecule has 2 rings (SSSR count). The van der Waals surface area contributed by atoms with E-state index in [1.165, 1.54) is 13.2 Å². The van der Waals surface area contributed by atoms with Gasteiger partial charge in [0.2, 0.25) is 5.91 Å². The van der Waals surface area contributed by atoms with Crippen LogP contribution >= 0.6 is 0 Å². The highest BCUT2D eigenvalue weighted by Gasteiger charge is 2.36. The number of esters is 1. The number of amides is 1. The monoisotopic (exact) mass is 307 g/mol. The molecule has 1 aliphatic rings. The van der Waals surface area contributed by atoms with E-state index in [9.17, 15) is 9.59 Å². The van der Waals surface area contributed by atoms with Crippen LogP contribution in [-0.2, 0) is 25.6 Å². The molecule has 0 aromatic carbocycles. The fourth-order valence-corrected chi connectivity index (χ4v) is 2.51. The molecule has 0 saturated carbocycles. The minimum Gasteiger partial charge on any atom is -0.466 e. The van der Waals surface area contributed by atoms with Gasteiger partial charge in [0.25, 0.3) is 0 Å². The van der Waals surface area contributed by atoms with E-state index in [2.05, 4.69) is 15.2 Å². The third-order valence-electron chi connectivity index (χ3n) is 3.62. The molecule has 1 N–H and O–H groups in total. The fraction of sp³-hybridized carbons (Fsp3) is 0.533. The maximum atomic E-state index is 12.3. The topological polar surface area (TPSA) is 82.5 Å². The number of rotatable bonds is 6. The normalized spacial score (nSPS) is 21.2. The average Bonchev–Trinajstić information content (AvgIpc) is 3.18. The van der Waals surface area contributed by atoms with Crippen molar-refractivity contribution in [3.05, 3.63) is 30.1 Å². The van der Waals surface area contributed by atoms with Crippen LogP contribution in [0.4, 0.5) is 0 Å². The van der Waals surface area contributed by atoms with Crippen molar-refractivity contribution in [2.45, 2.75) is 26.0 Å². The highest BCUT2D eigenvalue weighted by molar-refractivity contribution is 5.82. The first-order valence-corrected chi connectivity index (χ1v) is 7.32. The molecule has 1 amide bonds. The van der Waals surface area contributed by atoms with Gasteiger partial charge in [0.05, 0.1) is 18.7 Å². The van der Waals surface area contributed by atoms with Crippen LogP contribution in [0, 0.1) is 5.92 Å². The number of carbonyl (C=O) groups is 2. The molecule has 1 aromatic rings. The molecule has 1 aliphatic heterocycles. The maximum Gasteiger partial charge on any atom is 0.330 e. The molecular weight excluding hydrogens is 286 g/mol. The maximum absolute atomic E-state index is 12.3. The van der Waals surface area contributed by atoms with E-state index in [1.54, 1.807) is 12.3 Å². The number of nitrogens with zero attached hydrogens (tertiary/aromatic N) is 2. The molecule has 22 heavy (non-hydrogen) atoms. The fourth-order valence-electron chi connectivity index (χ4n) is 2.51. The summed E-state index contributed by atoms with van der Waals surface area (Å²) in [5, 5.41) is 7.01. The zero-order chi connectivity index (χ0) is 15.9. The van der Waals surface area contributed by atoms with Gasteiger partial charge in [-0.25, -0.2) is 4.79 Å². The van der Waals surface area contributed by atoms with Gasteiger partial charge >= 0.3 is 5.97 Å². The van der Waals surface area contributed by atoms with Crippen LogP contribution in [0.15, 0.2) is 24.4 Å². The molecule has 0 aliphatic carbocycles. The highest BCUT2D eigenvalue weighted by atomic mass is 16.5. The lowest BCUT2D eigenvalue weighted by atomic mass is 9.98. The Bertz CT molecular complexity index is 553. The first kappa shape index (κ1) is 16.2. The molecule has 1 saturated heterocycles. The first-order valence-electron chi connectivity index (χ1n) is 7.32.